The van der Waals surface area contributed by atoms with E-state index in [1.54, 1.807) is 0 Å². The smallest absolute Gasteiger partial charge is 0.127 e. The Morgan fingerprint density at radius 2 is 2.36 bits per heavy atom. The van der Waals surface area contributed by atoms with Crippen LogP contribution in [0, 0.1) is 0 Å². The number of fused-ring (bicyclic) bond motifs is 1. The summed E-state index contributed by atoms with van der Waals surface area (Å²) in [5.41, 5.74) is 2.47. The van der Waals surface area contributed by atoms with Crippen molar-refractivity contribution >= 4 is 11.6 Å². The third-order valence-electron chi connectivity index (χ3n) is 2.66. The van der Waals surface area contributed by atoms with E-state index in [1.807, 2.05) is 0 Å². The molecule has 1 aliphatic heterocycles. The summed E-state index contributed by atoms with van der Waals surface area (Å²) in [5, 5.41) is 0.0862. The molecular formula is C12H15ClO. The van der Waals surface area contributed by atoms with Gasteiger partial charge in [0.15, 0.2) is 0 Å². The van der Waals surface area contributed by atoms with Crippen molar-refractivity contribution in [3.63, 3.8) is 0 Å². The summed E-state index contributed by atoms with van der Waals surface area (Å²) in [7, 11) is 0. The van der Waals surface area contributed by atoms with Crippen LogP contribution in [0.5, 0.6) is 5.75 Å². The van der Waals surface area contributed by atoms with E-state index in [2.05, 4.69) is 25.1 Å². The number of halogens is 1. The lowest BCUT2D eigenvalue weighted by Crippen LogP contribution is -2.10. The summed E-state index contributed by atoms with van der Waals surface area (Å²) in [5.74, 6) is 1.04. The molecular weight excluding hydrogens is 196 g/mol. The number of benzene rings is 1. The molecule has 2 rings (SSSR count). The number of rotatable bonds is 2. The Hall–Kier alpha value is -0.690. The van der Waals surface area contributed by atoms with Crippen LogP contribution in [0.3, 0.4) is 0 Å². The second-order valence-electron chi connectivity index (χ2n) is 3.66. The molecule has 76 valence electrons. The zero-order valence-electron chi connectivity index (χ0n) is 8.42. The molecule has 0 bridgehead atoms. The van der Waals surface area contributed by atoms with Crippen LogP contribution < -0.4 is 4.74 Å². The van der Waals surface area contributed by atoms with E-state index in [0.717, 1.165) is 37.2 Å². The highest BCUT2D eigenvalue weighted by Crippen LogP contribution is 2.36. The molecule has 1 aliphatic rings. The topological polar surface area (TPSA) is 9.23 Å². The number of alkyl halides is 1. The average Bonchev–Trinajstić information content (AvgIpc) is 2.27. The maximum Gasteiger partial charge on any atom is 0.127 e. The van der Waals surface area contributed by atoms with Crippen LogP contribution in [0.25, 0.3) is 0 Å². The van der Waals surface area contributed by atoms with E-state index in [0.29, 0.717) is 0 Å². The Kier molecular flexibility index (Phi) is 2.97. The first-order chi connectivity index (χ1) is 6.83. The van der Waals surface area contributed by atoms with Crippen molar-refractivity contribution in [1.29, 1.82) is 0 Å². The second kappa shape index (κ2) is 4.22. The number of ether oxygens (including phenoxy) is 1. The van der Waals surface area contributed by atoms with Crippen molar-refractivity contribution in [2.45, 2.75) is 31.6 Å². The van der Waals surface area contributed by atoms with E-state index in [4.69, 9.17) is 16.3 Å². The standard InChI is InChI=1S/C12H15ClO/c1-2-11(13)10-7-3-5-9-6-4-8-14-12(9)10/h3,5,7,11H,2,4,6,8H2,1H3. The summed E-state index contributed by atoms with van der Waals surface area (Å²) in [4.78, 5) is 0. The molecule has 0 amide bonds. The Bertz CT molecular complexity index is 322. The molecule has 1 aromatic carbocycles. The van der Waals surface area contributed by atoms with Gasteiger partial charge in [-0.15, -0.1) is 11.6 Å². The molecule has 0 N–H and O–H groups in total. The fraction of sp³-hybridized carbons (Fsp3) is 0.500. The van der Waals surface area contributed by atoms with Gasteiger partial charge in [0.2, 0.25) is 0 Å². The van der Waals surface area contributed by atoms with Crippen LogP contribution in [0.15, 0.2) is 18.2 Å². The number of hydrogen-bond acceptors (Lipinski definition) is 1. The minimum Gasteiger partial charge on any atom is -0.493 e. The predicted molar refractivity (Wildman–Crippen MR) is 59.1 cm³/mol. The Morgan fingerprint density at radius 3 is 3.14 bits per heavy atom. The molecule has 1 heterocycles. The van der Waals surface area contributed by atoms with Crippen molar-refractivity contribution in [3.05, 3.63) is 29.3 Å². The molecule has 0 aliphatic carbocycles. The molecule has 1 unspecified atom stereocenters. The average molecular weight is 211 g/mol. The van der Waals surface area contributed by atoms with E-state index >= 15 is 0 Å². The normalized spacial score (nSPS) is 17.0. The Balaban J connectivity index is 2.39. The molecule has 0 saturated carbocycles. The van der Waals surface area contributed by atoms with Gasteiger partial charge < -0.3 is 4.74 Å². The first-order valence-corrected chi connectivity index (χ1v) is 5.65. The van der Waals surface area contributed by atoms with Crippen LogP contribution in [0.4, 0.5) is 0 Å². The lowest BCUT2D eigenvalue weighted by Gasteiger charge is -2.21. The van der Waals surface area contributed by atoms with E-state index < -0.39 is 0 Å². The summed E-state index contributed by atoms with van der Waals surface area (Å²) < 4.78 is 5.69. The second-order valence-corrected chi connectivity index (χ2v) is 4.19. The minimum absolute atomic E-state index is 0.0862. The number of hydrogen-bond donors (Lipinski definition) is 0. The summed E-state index contributed by atoms with van der Waals surface area (Å²) >= 11 is 6.25. The van der Waals surface area contributed by atoms with Gasteiger partial charge in [-0.25, -0.2) is 0 Å². The van der Waals surface area contributed by atoms with Crippen LogP contribution in [0.1, 0.15) is 36.3 Å². The highest BCUT2D eigenvalue weighted by molar-refractivity contribution is 6.21. The van der Waals surface area contributed by atoms with Gasteiger partial charge in [0.1, 0.15) is 5.75 Å². The molecule has 0 spiro atoms. The Morgan fingerprint density at radius 1 is 1.50 bits per heavy atom. The number of aryl methyl sites for hydroxylation is 1. The van der Waals surface area contributed by atoms with E-state index in [-0.39, 0.29) is 5.38 Å². The van der Waals surface area contributed by atoms with Crippen molar-refractivity contribution in [2.75, 3.05) is 6.61 Å². The monoisotopic (exact) mass is 210 g/mol. The predicted octanol–water partition coefficient (Wildman–Crippen LogP) is 3.70. The molecule has 2 heteroatoms. The van der Waals surface area contributed by atoms with Crippen molar-refractivity contribution in [1.82, 2.24) is 0 Å². The van der Waals surface area contributed by atoms with Crippen LogP contribution in [-0.2, 0) is 6.42 Å². The molecule has 1 nitrogen and oxygen atoms in total. The van der Waals surface area contributed by atoms with Crippen molar-refractivity contribution in [2.24, 2.45) is 0 Å². The van der Waals surface area contributed by atoms with Crippen molar-refractivity contribution < 1.29 is 4.74 Å². The molecule has 0 aromatic heterocycles. The lowest BCUT2D eigenvalue weighted by atomic mass is 10.00. The SMILES string of the molecule is CCC(Cl)c1cccc2c1OCCC2. The third-order valence-corrected chi connectivity index (χ3v) is 3.20. The number of para-hydroxylation sites is 1. The van der Waals surface area contributed by atoms with E-state index in [9.17, 15) is 0 Å². The quantitative estimate of drug-likeness (QED) is 0.677. The van der Waals surface area contributed by atoms with Crippen molar-refractivity contribution in [3.8, 4) is 5.75 Å². The maximum atomic E-state index is 6.25. The van der Waals surface area contributed by atoms with Gasteiger partial charge in [-0.2, -0.15) is 0 Å². The van der Waals surface area contributed by atoms with E-state index in [1.165, 1.54) is 5.56 Å². The van der Waals surface area contributed by atoms with Gasteiger partial charge in [-0.3, -0.25) is 0 Å². The molecule has 0 radical (unpaired) electrons. The summed E-state index contributed by atoms with van der Waals surface area (Å²) in [6.45, 7) is 2.93. The van der Waals surface area contributed by atoms with Gasteiger partial charge >= 0.3 is 0 Å². The van der Waals surface area contributed by atoms with Gasteiger partial charge in [0.25, 0.3) is 0 Å². The third kappa shape index (κ3) is 1.74. The molecule has 14 heavy (non-hydrogen) atoms. The zero-order chi connectivity index (χ0) is 9.97. The van der Waals surface area contributed by atoms with Gasteiger partial charge in [-0.05, 0) is 24.8 Å². The summed E-state index contributed by atoms with van der Waals surface area (Å²) in [6, 6.07) is 6.29. The fourth-order valence-electron chi connectivity index (χ4n) is 1.88. The largest absolute Gasteiger partial charge is 0.493 e. The fourth-order valence-corrected chi connectivity index (χ4v) is 2.05. The first-order valence-electron chi connectivity index (χ1n) is 5.21. The van der Waals surface area contributed by atoms with Gasteiger partial charge in [0, 0.05) is 5.56 Å². The highest BCUT2D eigenvalue weighted by atomic mass is 35.5. The van der Waals surface area contributed by atoms with Crippen LogP contribution in [0.2, 0.25) is 0 Å². The maximum absolute atomic E-state index is 6.25. The van der Waals surface area contributed by atoms with Gasteiger partial charge in [0.05, 0.1) is 12.0 Å². The molecule has 0 saturated heterocycles. The Labute approximate surface area is 90.0 Å². The minimum atomic E-state index is 0.0862. The lowest BCUT2D eigenvalue weighted by molar-refractivity contribution is 0.285. The van der Waals surface area contributed by atoms with Gasteiger partial charge in [-0.1, -0.05) is 25.1 Å². The first kappa shape index (κ1) is 9.85. The molecule has 0 fully saturated rings. The molecule has 1 aromatic rings. The van der Waals surface area contributed by atoms with Crippen LogP contribution in [-0.4, -0.2) is 6.61 Å². The van der Waals surface area contributed by atoms with Crippen LogP contribution >= 0.6 is 11.6 Å². The molecule has 1 atom stereocenters. The highest BCUT2D eigenvalue weighted by Gasteiger charge is 2.17. The zero-order valence-corrected chi connectivity index (χ0v) is 9.18. The summed E-state index contributed by atoms with van der Waals surface area (Å²) in [6.07, 6.45) is 3.19.